The Bertz CT molecular complexity index is 896. The first-order valence-electron chi connectivity index (χ1n) is 8.21. The lowest BCUT2D eigenvalue weighted by atomic mass is 9.94. The van der Waals surface area contributed by atoms with Crippen molar-refractivity contribution in [3.8, 4) is 0 Å². The summed E-state index contributed by atoms with van der Waals surface area (Å²) >= 11 is 0. The molecule has 7 heteroatoms. The quantitative estimate of drug-likeness (QED) is 0.721. The smallest absolute Gasteiger partial charge is 0.270 e. The van der Waals surface area contributed by atoms with Crippen LogP contribution in [-0.4, -0.2) is 48.0 Å². The fourth-order valence-electron chi connectivity index (χ4n) is 3.50. The van der Waals surface area contributed by atoms with Crippen molar-refractivity contribution in [2.24, 2.45) is 7.05 Å². The van der Waals surface area contributed by atoms with Gasteiger partial charge in [-0.25, -0.2) is 9.50 Å². The molecule has 4 heterocycles. The van der Waals surface area contributed by atoms with Gasteiger partial charge in [-0.15, -0.1) is 0 Å². The van der Waals surface area contributed by atoms with E-state index in [-0.39, 0.29) is 11.8 Å². The number of aryl methyl sites for hydroxylation is 2. The third kappa shape index (κ3) is 2.46. The van der Waals surface area contributed by atoms with Gasteiger partial charge >= 0.3 is 0 Å². The number of piperidine rings is 1. The maximum absolute atomic E-state index is 12.8. The van der Waals surface area contributed by atoms with Crippen LogP contribution in [0.2, 0.25) is 0 Å². The van der Waals surface area contributed by atoms with Gasteiger partial charge in [-0.1, -0.05) is 0 Å². The Morgan fingerprint density at radius 3 is 3.04 bits per heavy atom. The van der Waals surface area contributed by atoms with Crippen molar-refractivity contribution < 1.29 is 4.79 Å². The van der Waals surface area contributed by atoms with Gasteiger partial charge in [0.05, 0.1) is 5.69 Å². The number of hydrogen-bond donors (Lipinski definition) is 0. The van der Waals surface area contributed by atoms with Crippen molar-refractivity contribution in [3.05, 3.63) is 47.8 Å². The Morgan fingerprint density at radius 2 is 2.25 bits per heavy atom. The van der Waals surface area contributed by atoms with E-state index in [0.717, 1.165) is 36.5 Å². The van der Waals surface area contributed by atoms with Crippen molar-refractivity contribution >= 4 is 11.7 Å². The minimum atomic E-state index is 0.0906. The molecule has 1 saturated heterocycles. The highest BCUT2D eigenvalue weighted by Gasteiger charge is 2.28. The molecule has 1 amide bonds. The van der Waals surface area contributed by atoms with E-state index in [2.05, 4.69) is 21.1 Å². The summed E-state index contributed by atoms with van der Waals surface area (Å²) in [5.74, 6) is 0.956. The van der Waals surface area contributed by atoms with Crippen molar-refractivity contribution in [2.75, 3.05) is 13.1 Å². The first-order valence-corrected chi connectivity index (χ1v) is 8.21. The molecule has 3 aromatic rings. The van der Waals surface area contributed by atoms with Crippen LogP contribution in [0.4, 0.5) is 0 Å². The molecule has 0 saturated carbocycles. The monoisotopic (exact) mass is 324 g/mol. The predicted octanol–water partition coefficient (Wildman–Crippen LogP) is 1.79. The van der Waals surface area contributed by atoms with E-state index in [1.54, 1.807) is 4.52 Å². The number of carbonyl (C=O) groups excluding carboxylic acids is 1. The average Bonchev–Trinajstić information content (AvgIpc) is 3.22. The van der Waals surface area contributed by atoms with E-state index >= 15 is 0 Å². The second kappa shape index (κ2) is 5.74. The summed E-state index contributed by atoms with van der Waals surface area (Å²) in [6.45, 7) is 3.46. The molecule has 0 bridgehead atoms. The molecule has 124 valence electrons. The van der Waals surface area contributed by atoms with Gasteiger partial charge < -0.3 is 9.47 Å². The lowest BCUT2D eigenvalue weighted by Gasteiger charge is -2.33. The number of carbonyl (C=O) groups is 1. The summed E-state index contributed by atoms with van der Waals surface area (Å²) in [7, 11) is 1.90. The molecule has 0 aliphatic carbocycles. The summed E-state index contributed by atoms with van der Waals surface area (Å²) in [6, 6.07) is 5.83. The van der Waals surface area contributed by atoms with Gasteiger partial charge in [0, 0.05) is 37.9 Å². The second-order valence-electron chi connectivity index (χ2n) is 6.39. The van der Waals surface area contributed by atoms with Gasteiger partial charge in [0.1, 0.15) is 12.0 Å². The molecule has 1 atom stereocenters. The molecule has 1 fully saturated rings. The lowest BCUT2D eigenvalue weighted by Crippen LogP contribution is -2.40. The van der Waals surface area contributed by atoms with E-state index < -0.39 is 0 Å². The zero-order valence-corrected chi connectivity index (χ0v) is 13.9. The van der Waals surface area contributed by atoms with E-state index in [9.17, 15) is 4.79 Å². The predicted molar refractivity (Wildman–Crippen MR) is 88.8 cm³/mol. The molecule has 3 aromatic heterocycles. The molecule has 1 unspecified atom stereocenters. The fourth-order valence-corrected chi connectivity index (χ4v) is 3.50. The molecule has 0 aromatic carbocycles. The van der Waals surface area contributed by atoms with Gasteiger partial charge in [0.2, 0.25) is 0 Å². The van der Waals surface area contributed by atoms with Crippen LogP contribution in [0, 0.1) is 6.92 Å². The summed E-state index contributed by atoms with van der Waals surface area (Å²) in [4.78, 5) is 23.3. The largest absolute Gasteiger partial charge is 0.347 e. The SMILES string of the molecule is Cc1cc(C2CCCN(C(=O)c3cccn3C)C2)n2ncnc2n1. The zero-order chi connectivity index (χ0) is 16.7. The van der Waals surface area contributed by atoms with Crippen molar-refractivity contribution in [1.29, 1.82) is 0 Å². The molecule has 0 spiro atoms. The highest BCUT2D eigenvalue weighted by molar-refractivity contribution is 5.92. The number of aromatic nitrogens is 5. The number of nitrogens with zero attached hydrogens (tertiary/aromatic N) is 6. The highest BCUT2D eigenvalue weighted by atomic mass is 16.2. The second-order valence-corrected chi connectivity index (χ2v) is 6.39. The summed E-state index contributed by atoms with van der Waals surface area (Å²) in [5.41, 5.74) is 2.74. The topological polar surface area (TPSA) is 68.3 Å². The van der Waals surface area contributed by atoms with Crippen LogP contribution in [0.25, 0.3) is 5.78 Å². The van der Waals surface area contributed by atoms with Gasteiger partial charge in [0.25, 0.3) is 11.7 Å². The Hall–Kier alpha value is -2.70. The standard InChI is InChI=1S/C17H20N6O/c1-12-9-15(23-17(20-12)18-11-19-23)13-5-3-8-22(10-13)16(24)14-6-4-7-21(14)2/h4,6-7,9,11,13H,3,5,8,10H2,1-2H3. The molecule has 0 radical (unpaired) electrons. The molecule has 0 N–H and O–H groups in total. The maximum Gasteiger partial charge on any atom is 0.270 e. The van der Waals surface area contributed by atoms with Crippen molar-refractivity contribution in [2.45, 2.75) is 25.7 Å². The van der Waals surface area contributed by atoms with Crippen molar-refractivity contribution in [3.63, 3.8) is 0 Å². The van der Waals surface area contributed by atoms with E-state index in [1.807, 2.05) is 41.8 Å². The number of hydrogen-bond acceptors (Lipinski definition) is 4. The van der Waals surface area contributed by atoms with Crippen LogP contribution in [0.3, 0.4) is 0 Å². The first-order chi connectivity index (χ1) is 11.6. The molecule has 24 heavy (non-hydrogen) atoms. The Kier molecular flexibility index (Phi) is 3.55. The van der Waals surface area contributed by atoms with Gasteiger partial charge in [-0.05, 0) is 38.0 Å². The molecule has 1 aliphatic rings. The summed E-state index contributed by atoms with van der Waals surface area (Å²) < 4.78 is 3.67. The third-order valence-corrected chi connectivity index (χ3v) is 4.70. The van der Waals surface area contributed by atoms with Crippen LogP contribution >= 0.6 is 0 Å². The normalized spacial score (nSPS) is 18.2. The minimum absolute atomic E-state index is 0.0906. The molecular weight excluding hydrogens is 304 g/mol. The van der Waals surface area contributed by atoms with Crippen LogP contribution in [0.15, 0.2) is 30.7 Å². The number of fused-ring (bicyclic) bond motifs is 1. The molecular formula is C17H20N6O. The molecule has 1 aliphatic heterocycles. The number of rotatable bonds is 2. The lowest BCUT2D eigenvalue weighted by molar-refractivity contribution is 0.0695. The third-order valence-electron chi connectivity index (χ3n) is 4.70. The Labute approximate surface area is 139 Å². The number of likely N-dealkylation sites (tertiary alicyclic amines) is 1. The van der Waals surface area contributed by atoms with E-state index in [0.29, 0.717) is 12.3 Å². The highest BCUT2D eigenvalue weighted by Crippen LogP contribution is 2.28. The maximum atomic E-state index is 12.8. The summed E-state index contributed by atoms with van der Waals surface area (Å²) in [5, 5.41) is 4.30. The molecule has 4 rings (SSSR count). The van der Waals surface area contributed by atoms with Crippen LogP contribution < -0.4 is 0 Å². The number of amides is 1. The van der Waals surface area contributed by atoms with Gasteiger partial charge in [0.15, 0.2) is 0 Å². The van der Waals surface area contributed by atoms with E-state index in [1.165, 1.54) is 6.33 Å². The molecule has 7 nitrogen and oxygen atoms in total. The summed E-state index contributed by atoms with van der Waals surface area (Å²) in [6.07, 6.45) is 5.45. The average molecular weight is 324 g/mol. The van der Waals surface area contributed by atoms with Crippen molar-refractivity contribution in [1.82, 2.24) is 29.0 Å². The van der Waals surface area contributed by atoms with E-state index in [4.69, 9.17) is 0 Å². The van der Waals surface area contributed by atoms with Crippen LogP contribution in [-0.2, 0) is 7.05 Å². The van der Waals surface area contributed by atoms with Gasteiger partial charge in [-0.2, -0.15) is 10.1 Å². The van der Waals surface area contributed by atoms with Crippen LogP contribution in [0.5, 0.6) is 0 Å². The Morgan fingerprint density at radius 1 is 1.38 bits per heavy atom. The van der Waals surface area contributed by atoms with Crippen LogP contribution in [0.1, 0.15) is 40.6 Å². The minimum Gasteiger partial charge on any atom is -0.347 e. The Balaban J connectivity index is 1.64. The zero-order valence-electron chi connectivity index (χ0n) is 13.9. The van der Waals surface area contributed by atoms with Gasteiger partial charge in [-0.3, -0.25) is 4.79 Å². The fraction of sp³-hybridized carbons (Fsp3) is 0.412. The first kappa shape index (κ1) is 14.9.